The molecule has 0 unspecified atom stereocenters. The summed E-state index contributed by atoms with van der Waals surface area (Å²) >= 11 is 0. The molecule has 1 aromatic rings. The van der Waals surface area contributed by atoms with Crippen LogP contribution in [0.1, 0.15) is 12.5 Å². The molecule has 6 nitrogen and oxygen atoms in total. The number of aliphatic hydroxyl groups is 1. The van der Waals surface area contributed by atoms with Crippen LogP contribution in [0, 0.1) is 6.92 Å². The number of rotatable bonds is 6. The molecule has 0 bridgehead atoms. The van der Waals surface area contributed by atoms with E-state index in [1.807, 2.05) is 6.92 Å². The Morgan fingerprint density at radius 2 is 1.89 bits per heavy atom. The van der Waals surface area contributed by atoms with Gasteiger partial charge in [0.25, 0.3) is 0 Å². The first-order valence-electron chi connectivity index (χ1n) is 5.84. The highest BCUT2D eigenvalue weighted by Crippen LogP contribution is 2.10. The lowest BCUT2D eigenvalue weighted by Gasteiger charge is -2.14. The molecule has 0 saturated carbocycles. The van der Waals surface area contributed by atoms with Gasteiger partial charge in [-0.05, 0) is 26.0 Å². The molecule has 0 radical (unpaired) electrons. The molecule has 0 saturated heterocycles. The van der Waals surface area contributed by atoms with Crippen molar-refractivity contribution in [2.45, 2.75) is 24.8 Å². The van der Waals surface area contributed by atoms with Crippen molar-refractivity contribution in [3.63, 3.8) is 0 Å². The van der Waals surface area contributed by atoms with E-state index in [2.05, 4.69) is 10.0 Å². The van der Waals surface area contributed by atoms with Gasteiger partial charge in [-0.2, -0.15) is 4.72 Å². The van der Waals surface area contributed by atoms with Crippen molar-refractivity contribution in [3.8, 4) is 0 Å². The first-order valence-corrected chi connectivity index (χ1v) is 7.32. The van der Waals surface area contributed by atoms with Crippen LogP contribution in [-0.2, 0) is 14.8 Å². The Balaban J connectivity index is 2.74. The van der Waals surface area contributed by atoms with Gasteiger partial charge in [-0.1, -0.05) is 17.7 Å². The second-order valence-electron chi connectivity index (χ2n) is 4.17. The molecule has 0 fully saturated rings. The number of carbonyl (C=O) groups excluding carboxylic acids is 1. The summed E-state index contributed by atoms with van der Waals surface area (Å²) in [4.78, 5) is 11.6. The fraction of sp³-hybridized carbons (Fsp3) is 0.417. The van der Waals surface area contributed by atoms with Gasteiger partial charge in [-0.25, -0.2) is 8.42 Å². The number of hydrogen-bond acceptors (Lipinski definition) is 4. The summed E-state index contributed by atoms with van der Waals surface area (Å²) in [5.74, 6) is -0.482. The predicted molar refractivity (Wildman–Crippen MR) is 71.1 cm³/mol. The number of hydrogen-bond donors (Lipinski definition) is 3. The van der Waals surface area contributed by atoms with Crippen LogP contribution in [0.2, 0.25) is 0 Å². The Morgan fingerprint density at radius 3 is 2.42 bits per heavy atom. The molecule has 0 aliphatic heterocycles. The van der Waals surface area contributed by atoms with Crippen molar-refractivity contribution < 1.29 is 18.3 Å². The fourth-order valence-corrected chi connectivity index (χ4v) is 2.61. The van der Waals surface area contributed by atoms with Gasteiger partial charge in [-0.3, -0.25) is 4.79 Å². The first-order chi connectivity index (χ1) is 8.86. The molecule has 0 aliphatic carbocycles. The van der Waals surface area contributed by atoms with Crippen molar-refractivity contribution in [1.29, 1.82) is 0 Å². The molecule has 3 N–H and O–H groups in total. The van der Waals surface area contributed by atoms with E-state index in [4.69, 9.17) is 5.11 Å². The third-order valence-electron chi connectivity index (χ3n) is 2.47. The number of nitrogens with one attached hydrogen (secondary N) is 2. The average Bonchev–Trinajstić information content (AvgIpc) is 2.35. The Kier molecular flexibility index (Phi) is 5.46. The van der Waals surface area contributed by atoms with Crippen LogP contribution in [-0.4, -0.2) is 38.6 Å². The summed E-state index contributed by atoms with van der Waals surface area (Å²) in [7, 11) is -3.72. The molecule has 1 aromatic carbocycles. The monoisotopic (exact) mass is 286 g/mol. The van der Waals surface area contributed by atoms with Gasteiger partial charge < -0.3 is 10.4 Å². The molecular weight excluding hydrogens is 268 g/mol. The topological polar surface area (TPSA) is 95.5 Å². The van der Waals surface area contributed by atoms with Crippen LogP contribution in [0.5, 0.6) is 0 Å². The van der Waals surface area contributed by atoms with Crippen LogP contribution in [0.15, 0.2) is 29.2 Å². The summed E-state index contributed by atoms with van der Waals surface area (Å²) in [5, 5.41) is 11.0. The third-order valence-corrected chi connectivity index (χ3v) is 4.02. The molecule has 19 heavy (non-hydrogen) atoms. The molecule has 0 aromatic heterocycles. The van der Waals surface area contributed by atoms with E-state index in [0.717, 1.165) is 5.56 Å². The van der Waals surface area contributed by atoms with E-state index in [1.54, 1.807) is 12.1 Å². The Hall–Kier alpha value is -1.44. The normalized spacial score (nSPS) is 13.0. The number of aryl methyl sites for hydroxylation is 1. The van der Waals surface area contributed by atoms with E-state index < -0.39 is 22.0 Å². The van der Waals surface area contributed by atoms with Gasteiger partial charge in [0.05, 0.1) is 17.5 Å². The zero-order valence-corrected chi connectivity index (χ0v) is 11.7. The second-order valence-corrected chi connectivity index (χ2v) is 5.88. The average molecular weight is 286 g/mol. The number of carbonyl (C=O) groups is 1. The molecule has 1 amide bonds. The quantitative estimate of drug-likeness (QED) is 0.673. The lowest BCUT2D eigenvalue weighted by Crippen LogP contribution is -2.45. The van der Waals surface area contributed by atoms with E-state index in [-0.39, 0.29) is 18.0 Å². The van der Waals surface area contributed by atoms with Crippen LogP contribution in [0.25, 0.3) is 0 Å². The summed E-state index contributed by atoms with van der Waals surface area (Å²) in [5.41, 5.74) is 0.952. The molecule has 1 atom stereocenters. The van der Waals surface area contributed by atoms with E-state index in [9.17, 15) is 13.2 Å². The lowest BCUT2D eigenvalue weighted by atomic mass is 10.2. The summed E-state index contributed by atoms with van der Waals surface area (Å²) in [6, 6.07) is 5.43. The maximum absolute atomic E-state index is 12.0. The van der Waals surface area contributed by atoms with Crippen LogP contribution < -0.4 is 10.0 Å². The molecular formula is C12H18N2O4S. The van der Waals surface area contributed by atoms with Crippen LogP contribution in [0.3, 0.4) is 0 Å². The smallest absolute Gasteiger partial charge is 0.241 e. The standard InChI is InChI=1S/C12H18N2O4S/c1-9-3-5-11(6-4-9)19(17,18)14-10(2)12(16)13-7-8-15/h3-6,10,14-15H,7-8H2,1-2H3,(H,13,16)/t10-/m1/s1. The van der Waals surface area contributed by atoms with Gasteiger partial charge in [0.1, 0.15) is 0 Å². The minimum atomic E-state index is -3.72. The zero-order valence-electron chi connectivity index (χ0n) is 10.9. The number of sulfonamides is 1. The van der Waals surface area contributed by atoms with Crippen molar-refractivity contribution in [2.24, 2.45) is 0 Å². The maximum Gasteiger partial charge on any atom is 0.241 e. The minimum absolute atomic E-state index is 0.0927. The summed E-state index contributed by atoms with van der Waals surface area (Å²) in [6.07, 6.45) is 0. The number of amides is 1. The van der Waals surface area contributed by atoms with Crippen LogP contribution in [0.4, 0.5) is 0 Å². The second kappa shape index (κ2) is 6.65. The summed E-state index contributed by atoms with van der Waals surface area (Å²) in [6.45, 7) is 3.20. The van der Waals surface area contributed by atoms with Gasteiger partial charge in [-0.15, -0.1) is 0 Å². The maximum atomic E-state index is 12.0. The van der Waals surface area contributed by atoms with Gasteiger partial charge in [0.15, 0.2) is 0 Å². The number of benzene rings is 1. The third kappa shape index (κ3) is 4.62. The minimum Gasteiger partial charge on any atom is -0.395 e. The molecule has 7 heteroatoms. The van der Waals surface area contributed by atoms with Crippen molar-refractivity contribution in [2.75, 3.05) is 13.2 Å². The van der Waals surface area contributed by atoms with Crippen molar-refractivity contribution >= 4 is 15.9 Å². The molecule has 0 aliphatic rings. The molecule has 106 valence electrons. The highest BCUT2D eigenvalue weighted by Gasteiger charge is 2.21. The van der Waals surface area contributed by atoms with Crippen LogP contribution >= 0.6 is 0 Å². The molecule has 0 spiro atoms. The van der Waals surface area contributed by atoms with Gasteiger partial charge in [0.2, 0.25) is 15.9 Å². The Labute approximate surface area is 112 Å². The van der Waals surface area contributed by atoms with E-state index in [0.29, 0.717) is 0 Å². The Morgan fingerprint density at radius 1 is 1.32 bits per heavy atom. The highest BCUT2D eigenvalue weighted by atomic mass is 32.2. The lowest BCUT2D eigenvalue weighted by molar-refractivity contribution is -0.122. The molecule has 0 heterocycles. The predicted octanol–water partition coefficient (Wildman–Crippen LogP) is -0.230. The number of aliphatic hydroxyl groups excluding tert-OH is 1. The SMILES string of the molecule is Cc1ccc(S(=O)(=O)N[C@H](C)C(=O)NCCO)cc1. The summed E-state index contributed by atoms with van der Waals surface area (Å²) < 4.78 is 26.3. The van der Waals surface area contributed by atoms with Gasteiger partial charge in [0, 0.05) is 6.54 Å². The largest absolute Gasteiger partial charge is 0.395 e. The van der Waals surface area contributed by atoms with Crippen molar-refractivity contribution in [3.05, 3.63) is 29.8 Å². The van der Waals surface area contributed by atoms with E-state index in [1.165, 1.54) is 19.1 Å². The molecule has 1 rings (SSSR count). The zero-order chi connectivity index (χ0) is 14.5. The van der Waals surface area contributed by atoms with Gasteiger partial charge >= 0.3 is 0 Å². The highest BCUT2D eigenvalue weighted by molar-refractivity contribution is 7.89. The first kappa shape index (κ1) is 15.6. The van der Waals surface area contributed by atoms with E-state index >= 15 is 0 Å². The van der Waals surface area contributed by atoms with Crippen molar-refractivity contribution in [1.82, 2.24) is 10.0 Å². The fourth-order valence-electron chi connectivity index (χ4n) is 1.40. The Bertz CT molecular complexity index is 525.